The number of hydrogen-bond donors (Lipinski definition) is 1. The van der Waals surface area contributed by atoms with Crippen LogP contribution in [0.2, 0.25) is 0 Å². The number of nitrogens with one attached hydrogen (secondary N) is 1. The van der Waals surface area contributed by atoms with E-state index in [-0.39, 0.29) is 19.6 Å². The predicted molar refractivity (Wildman–Crippen MR) is 103 cm³/mol. The van der Waals surface area contributed by atoms with E-state index in [9.17, 15) is 13.6 Å². The molecule has 1 fully saturated rings. The van der Waals surface area contributed by atoms with E-state index in [0.29, 0.717) is 31.8 Å². The average Bonchev–Trinajstić information content (AvgIpc) is 2.48. The summed E-state index contributed by atoms with van der Waals surface area (Å²) in [5, 5.41) is 2.62. The Labute approximate surface area is 167 Å². The number of amides is 1. The molecule has 2 rings (SSSR count). The molecule has 0 saturated carbocycles. The summed E-state index contributed by atoms with van der Waals surface area (Å²) in [5.74, 6) is -1.99. The summed E-state index contributed by atoms with van der Waals surface area (Å²) in [5.41, 5.74) is 0.354. The number of benzene rings is 1. The summed E-state index contributed by atoms with van der Waals surface area (Å²) < 4.78 is 38.8. The molecule has 27 heavy (non-hydrogen) atoms. The number of rotatable bonds is 6. The molecular formula is C19H27BrF2N2O3. The van der Waals surface area contributed by atoms with Crippen LogP contribution in [-0.2, 0) is 11.3 Å². The number of nitrogens with zero attached hydrogens (tertiary/aromatic N) is 1. The molecule has 0 spiro atoms. The van der Waals surface area contributed by atoms with Gasteiger partial charge >= 0.3 is 6.09 Å². The van der Waals surface area contributed by atoms with Gasteiger partial charge in [0, 0.05) is 17.4 Å². The first-order valence-corrected chi connectivity index (χ1v) is 9.81. The van der Waals surface area contributed by atoms with Crippen molar-refractivity contribution < 1.29 is 23.0 Å². The summed E-state index contributed by atoms with van der Waals surface area (Å²) in [7, 11) is 0. The molecule has 0 radical (unpaired) electrons. The van der Waals surface area contributed by atoms with Crippen molar-refractivity contribution >= 4 is 22.0 Å². The molecule has 1 saturated heterocycles. The van der Waals surface area contributed by atoms with Crippen LogP contribution < -0.4 is 10.1 Å². The standard InChI is InChI=1S/C19H27BrF2N2O3/c1-18(2,3)27-17(25)23-6-8-26-16-10-14(9-15(20)11-16)12-24-7-4-5-19(21,22)13-24/h9-11H,4-8,12-13H2,1-3H3,(H,23,25). The van der Waals surface area contributed by atoms with Gasteiger partial charge in [0.2, 0.25) is 0 Å². The van der Waals surface area contributed by atoms with Crippen LogP contribution in [0.3, 0.4) is 0 Å². The lowest BCUT2D eigenvalue weighted by atomic mass is 10.1. The third kappa shape index (κ3) is 8.43. The van der Waals surface area contributed by atoms with Gasteiger partial charge in [0.1, 0.15) is 18.0 Å². The maximum Gasteiger partial charge on any atom is 0.407 e. The van der Waals surface area contributed by atoms with Crippen LogP contribution in [-0.4, -0.2) is 48.8 Å². The van der Waals surface area contributed by atoms with Gasteiger partial charge in [0.15, 0.2) is 0 Å². The van der Waals surface area contributed by atoms with Crippen molar-refractivity contribution in [3.05, 3.63) is 28.2 Å². The maximum absolute atomic E-state index is 13.6. The van der Waals surface area contributed by atoms with Gasteiger partial charge in [0.05, 0.1) is 13.1 Å². The highest BCUT2D eigenvalue weighted by Crippen LogP contribution is 2.29. The lowest BCUT2D eigenvalue weighted by Gasteiger charge is -2.32. The number of carbonyl (C=O) groups is 1. The average molecular weight is 449 g/mol. The van der Waals surface area contributed by atoms with Gasteiger partial charge in [-0.1, -0.05) is 15.9 Å². The van der Waals surface area contributed by atoms with Crippen molar-refractivity contribution in [2.75, 3.05) is 26.2 Å². The molecule has 1 aromatic rings. The monoisotopic (exact) mass is 448 g/mol. The second-order valence-electron chi connectivity index (χ2n) is 7.74. The van der Waals surface area contributed by atoms with Crippen molar-refractivity contribution in [1.29, 1.82) is 0 Å². The Morgan fingerprint density at radius 3 is 2.74 bits per heavy atom. The molecule has 0 aromatic heterocycles. The number of hydrogen-bond acceptors (Lipinski definition) is 4. The number of ether oxygens (including phenoxy) is 2. The molecule has 0 atom stereocenters. The molecule has 1 amide bonds. The summed E-state index contributed by atoms with van der Waals surface area (Å²) in [6.45, 7) is 6.86. The van der Waals surface area contributed by atoms with Crippen molar-refractivity contribution in [2.45, 2.75) is 51.7 Å². The van der Waals surface area contributed by atoms with Crippen molar-refractivity contribution in [2.24, 2.45) is 0 Å². The third-order valence-corrected chi connectivity index (χ3v) is 4.31. The van der Waals surface area contributed by atoms with Gasteiger partial charge in [-0.05, 0) is 57.5 Å². The van der Waals surface area contributed by atoms with Gasteiger partial charge in [-0.2, -0.15) is 0 Å². The minimum Gasteiger partial charge on any atom is -0.492 e. The fourth-order valence-electron chi connectivity index (χ4n) is 2.87. The molecule has 8 heteroatoms. The van der Waals surface area contributed by atoms with Gasteiger partial charge in [-0.15, -0.1) is 0 Å². The second kappa shape index (κ2) is 9.19. The van der Waals surface area contributed by atoms with Gasteiger partial charge in [-0.3, -0.25) is 4.90 Å². The summed E-state index contributed by atoms with van der Waals surface area (Å²) in [6, 6.07) is 5.55. The molecule has 1 aromatic carbocycles. The van der Waals surface area contributed by atoms with Crippen LogP contribution in [0.25, 0.3) is 0 Å². The fraction of sp³-hybridized carbons (Fsp3) is 0.632. The second-order valence-corrected chi connectivity index (χ2v) is 8.66. The molecule has 5 nitrogen and oxygen atoms in total. The lowest BCUT2D eigenvalue weighted by molar-refractivity contribution is -0.0661. The highest BCUT2D eigenvalue weighted by Gasteiger charge is 2.34. The Balaban J connectivity index is 1.83. The number of alkyl halides is 2. The Morgan fingerprint density at radius 1 is 1.33 bits per heavy atom. The van der Waals surface area contributed by atoms with Crippen LogP contribution in [0.4, 0.5) is 13.6 Å². The number of alkyl carbamates (subject to hydrolysis) is 1. The van der Waals surface area contributed by atoms with Crippen LogP contribution in [0.15, 0.2) is 22.7 Å². The molecular weight excluding hydrogens is 422 g/mol. The first kappa shape index (κ1) is 21.9. The normalized spacial score (nSPS) is 17.4. The number of carbonyl (C=O) groups excluding carboxylic acids is 1. The van der Waals surface area contributed by atoms with Crippen LogP contribution in [0.1, 0.15) is 39.2 Å². The van der Waals surface area contributed by atoms with Gasteiger partial charge in [0.25, 0.3) is 5.92 Å². The lowest BCUT2D eigenvalue weighted by Crippen LogP contribution is -2.42. The molecule has 1 heterocycles. The topological polar surface area (TPSA) is 50.8 Å². The molecule has 1 N–H and O–H groups in total. The highest BCUT2D eigenvalue weighted by atomic mass is 79.9. The quantitative estimate of drug-likeness (QED) is 0.646. The summed E-state index contributed by atoms with van der Waals surface area (Å²) >= 11 is 3.43. The summed E-state index contributed by atoms with van der Waals surface area (Å²) in [4.78, 5) is 13.4. The van der Waals surface area contributed by atoms with E-state index in [0.717, 1.165) is 10.0 Å². The van der Waals surface area contributed by atoms with Gasteiger partial charge < -0.3 is 14.8 Å². The van der Waals surface area contributed by atoms with E-state index in [1.165, 1.54) is 0 Å². The first-order chi connectivity index (χ1) is 12.5. The minimum atomic E-state index is -2.61. The third-order valence-electron chi connectivity index (χ3n) is 3.85. The van der Waals surface area contributed by atoms with E-state index >= 15 is 0 Å². The highest BCUT2D eigenvalue weighted by molar-refractivity contribution is 9.10. The van der Waals surface area contributed by atoms with Gasteiger partial charge in [-0.25, -0.2) is 13.6 Å². The van der Waals surface area contributed by atoms with E-state index < -0.39 is 17.6 Å². The molecule has 0 aliphatic carbocycles. The molecule has 1 aliphatic rings. The van der Waals surface area contributed by atoms with E-state index in [1.54, 1.807) is 25.7 Å². The Bertz CT molecular complexity index is 650. The Morgan fingerprint density at radius 2 is 2.07 bits per heavy atom. The van der Waals surface area contributed by atoms with Crippen molar-refractivity contribution in [3.8, 4) is 5.75 Å². The zero-order valence-electron chi connectivity index (χ0n) is 16.0. The van der Waals surface area contributed by atoms with Crippen molar-refractivity contribution in [3.63, 3.8) is 0 Å². The van der Waals surface area contributed by atoms with Crippen LogP contribution >= 0.6 is 15.9 Å². The number of halogens is 3. The molecule has 0 unspecified atom stereocenters. The maximum atomic E-state index is 13.6. The van der Waals surface area contributed by atoms with E-state index in [2.05, 4.69) is 21.2 Å². The largest absolute Gasteiger partial charge is 0.492 e. The first-order valence-electron chi connectivity index (χ1n) is 9.02. The predicted octanol–water partition coefficient (Wildman–Crippen LogP) is 4.58. The molecule has 0 bridgehead atoms. The number of likely N-dealkylation sites (tertiary alicyclic amines) is 1. The van der Waals surface area contributed by atoms with E-state index in [1.807, 2.05) is 18.2 Å². The smallest absolute Gasteiger partial charge is 0.407 e. The van der Waals surface area contributed by atoms with Crippen LogP contribution in [0.5, 0.6) is 5.75 Å². The van der Waals surface area contributed by atoms with Crippen LogP contribution in [0, 0.1) is 0 Å². The number of piperidine rings is 1. The molecule has 152 valence electrons. The molecule has 1 aliphatic heterocycles. The SMILES string of the molecule is CC(C)(C)OC(=O)NCCOc1cc(Br)cc(CN2CCCC(F)(F)C2)c1. The zero-order chi connectivity index (χ0) is 20.1. The minimum absolute atomic E-state index is 0.0407. The Kier molecular flexibility index (Phi) is 7.45. The Hall–Kier alpha value is -1.41. The van der Waals surface area contributed by atoms with Crippen molar-refractivity contribution in [1.82, 2.24) is 10.2 Å². The fourth-order valence-corrected chi connectivity index (χ4v) is 3.39. The summed E-state index contributed by atoms with van der Waals surface area (Å²) in [6.07, 6.45) is -0.0335. The zero-order valence-corrected chi connectivity index (χ0v) is 17.6. The van der Waals surface area contributed by atoms with E-state index in [4.69, 9.17) is 9.47 Å².